The second-order valence-corrected chi connectivity index (χ2v) is 7.33. The highest BCUT2D eigenvalue weighted by Gasteiger charge is 2.14. The van der Waals surface area contributed by atoms with Gasteiger partial charge in [0.05, 0.1) is 11.4 Å². The molecular weight excluding hydrogens is 333 g/mol. The molecule has 7 heteroatoms. The monoisotopic (exact) mass is 351 g/mol. The lowest BCUT2D eigenvalue weighted by atomic mass is 10.1. The predicted octanol–water partition coefficient (Wildman–Crippen LogP) is 2.35. The van der Waals surface area contributed by atoms with E-state index in [0.29, 0.717) is 16.9 Å². The molecule has 0 saturated carbocycles. The van der Waals surface area contributed by atoms with E-state index in [1.165, 1.54) is 30.3 Å². The summed E-state index contributed by atoms with van der Waals surface area (Å²) in [5.74, 6) is -0.412. The fourth-order valence-corrected chi connectivity index (χ4v) is 2.71. The van der Waals surface area contributed by atoms with Crippen LogP contribution in [0.25, 0.3) is 0 Å². The van der Waals surface area contributed by atoms with Crippen molar-refractivity contribution >= 4 is 15.7 Å². The third-order valence-corrected chi connectivity index (χ3v) is 4.44. The molecule has 24 heavy (non-hydrogen) atoms. The SMILES string of the molecule is Cc1ccc(S(C)(=O)=O)cc1C(=O)NCCOc1cccc(F)c1. The molecule has 0 aliphatic rings. The Morgan fingerprint density at radius 2 is 1.96 bits per heavy atom. The van der Waals surface area contributed by atoms with Crippen LogP contribution in [0.5, 0.6) is 5.75 Å². The Morgan fingerprint density at radius 3 is 2.62 bits per heavy atom. The average Bonchev–Trinajstić information content (AvgIpc) is 2.50. The van der Waals surface area contributed by atoms with Crippen molar-refractivity contribution in [2.24, 2.45) is 0 Å². The topological polar surface area (TPSA) is 72.5 Å². The van der Waals surface area contributed by atoms with Gasteiger partial charge in [-0.3, -0.25) is 4.79 Å². The van der Waals surface area contributed by atoms with Crippen molar-refractivity contribution in [3.63, 3.8) is 0 Å². The number of benzene rings is 2. The average molecular weight is 351 g/mol. The molecule has 0 atom stereocenters. The number of rotatable bonds is 6. The van der Waals surface area contributed by atoms with Gasteiger partial charge in [0.2, 0.25) is 0 Å². The first kappa shape index (κ1) is 17.9. The number of hydrogen-bond acceptors (Lipinski definition) is 4. The van der Waals surface area contributed by atoms with Crippen LogP contribution < -0.4 is 10.1 Å². The Labute approximate surface area is 140 Å². The third kappa shape index (κ3) is 4.79. The molecule has 5 nitrogen and oxygen atoms in total. The summed E-state index contributed by atoms with van der Waals surface area (Å²) in [6.07, 6.45) is 1.09. The molecule has 0 heterocycles. The lowest BCUT2D eigenvalue weighted by Gasteiger charge is -2.10. The van der Waals surface area contributed by atoms with E-state index in [4.69, 9.17) is 4.74 Å². The van der Waals surface area contributed by atoms with E-state index in [2.05, 4.69) is 5.32 Å². The fraction of sp³-hybridized carbons (Fsp3) is 0.235. The summed E-state index contributed by atoms with van der Waals surface area (Å²) in [5.41, 5.74) is 0.967. The Balaban J connectivity index is 1.95. The zero-order chi connectivity index (χ0) is 17.7. The Hall–Kier alpha value is -2.41. The number of nitrogens with one attached hydrogen (secondary N) is 1. The van der Waals surface area contributed by atoms with E-state index < -0.39 is 15.7 Å². The van der Waals surface area contributed by atoms with Crippen LogP contribution in [0.3, 0.4) is 0 Å². The van der Waals surface area contributed by atoms with Crippen LogP contribution in [-0.4, -0.2) is 33.7 Å². The second-order valence-electron chi connectivity index (χ2n) is 5.31. The van der Waals surface area contributed by atoms with Crippen molar-refractivity contribution in [2.45, 2.75) is 11.8 Å². The van der Waals surface area contributed by atoms with Crippen LogP contribution in [0, 0.1) is 12.7 Å². The number of halogens is 1. The molecule has 0 aliphatic heterocycles. The van der Waals surface area contributed by atoms with Crippen LogP contribution in [0.15, 0.2) is 47.4 Å². The molecular formula is C17H18FNO4S. The number of carbonyl (C=O) groups excluding carboxylic acids is 1. The highest BCUT2D eigenvalue weighted by atomic mass is 32.2. The molecule has 0 spiro atoms. The van der Waals surface area contributed by atoms with E-state index >= 15 is 0 Å². The fourth-order valence-electron chi connectivity index (χ4n) is 2.06. The molecule has 2 aromatic rings. The molecule has 0 bridgehead atoms. The first-order chi connectivity index (χ1) is 11.3. The largest absolute Gasteiger partial charge is 0.492 e. The maximum Gasteiger partial charge on any atom is 0.251 e. The van der Waals surface area contributed by atoms with Crippen molar-refractivity contribution in [3.05, 3.63) is 59.4 Å². The smallest absolute Gasteiger partial charge is 0.251 e. The van der Waals surface area contributed by atoms with Crippen molar-refractivity contribution in [3.8, 4) is 5.75 Å². The van der Waals surface area contributed by atoms with Gasteiger partial charge in [0.15, 0.2) is 9.84 Å². The number of aryl methyl sites for hydroxylation is 1. The standard InChI is InChI=1S/C17H18FNO4S/c1-12-6-7-15(24(2,21)22)11-16(12)17(20)19-8-9-23-14-5-3-4-13(18)10-14/h3-7,10-11H,8-9H2,1-2H3,(H,19,20). The summed E-state index contributed by atoms with van der Waals surface area (Å²) in [6, 6.07) is 10.1. The van der Waals surface area contributed by atoms with E-state index in [1.807, 2.05) is 0 Å². The molecule has 0 radical (unpaired) electrons. The Bertz CT molecular complexity index is 849. The summed E-state index contributed by atoms with van der Waals surface area (Å²) in [6.45, 7) is 2.10. The summed E-state index contributed by atoms with van der Waals surface area (Å²) < 4.78 is 41.5. The van der Waals surface area contributed by atoms with Gasteiger partial charge in [0.1, 0.15) is 18.2 Å². The van der Waals surface area contributed by atoms with Gasteiger partial charge in [-0.15, -0.1) is 0 Å². The van der Waals surface area contributed by atoms with Crippen LogP contribution >= 0.6 is 0 Å². The lowest BCUT2D eigenvalue weighted by Crippen LogP contribution is -2.28. The van der Waals surface area contributed by atoms with Crippen molar-refractivity contribution in [1.29, 1.82) is 0 Å². The molecule has 2 aromatic carbocycles. The molecule has 1 amide bonds. The quantitative estimate of drug-likeness (QED) is 0.811. The minimum absolute atomic E-state index is 0.0919. The van der Waals surface area contributed by atoms with Crippen LogP contribution in [0.4, 0.5) is 4.39 Å². The number of hydrogen-bond donors (Lipinski definition) is 1. The molecule has 0 fully saturated rings. The van der Waals surface area contributed by atoms with E-state index in [1.54, 1.807) is 19.1 Å². The van der Waals surface area contributed by atoms with Gasteiger partial charge in [0, 0.05) is 17.9 Å². The number of ether oxygens (including phenoxy) is 1. The van der Waals surface area contributed by atoms with E-state index in [-0.39, 0.29) is 24.0 Å². The molecule has 1 N–H and O–H groups in total. The molecule has 2 rings (SSSR count). The van der Waals surface area contributed by atoms with Gasteiger partial charge in [-0.2, -0.15) is 0 Å². The number of sulfone groups is 1. The highest BCUT2D eigenvalue weighted by molar-refractivity contribution is 7.90. The van der Waals surface area contributed by atoms with Gasteiger partial charge in [-0.25, -0.2) is 12.8 Å². The summed E-state index contributed by atoms with van der Waals surface area (Å²) in [4.78, 5) is 12.3. The first-order valence-corrected chi connectivity index (χ1v) is 9.14. The van der Waals surface area contributed by atoms with E-state index in [9.17, 15) is 17.6 Å². The normalized spacial score (nSPS) is 11.1. The Kier molecular flexibility index (Phi) is 5.56. The summed E-state index contributed by atoms with van der Waals surface area (Å²) >= 11 is 0. The van der Waals surface area contributed by atoms with Crippen LogP contribution in [-0.2, 0) is 9.84 Å². The van der Waals surface area contributed by atoms with Gasteiger partial charge < -0.3 is 10.1 Å². The van der Waals surface area contributed by atoms with Crippen molar-refractivity contribution in [2.75, 3.05) is 19.4 Å². The first-order valence-electron chi connectivity index (χ1n) is 7.24. The van der Waals surface area contributed by atoms with E-state index in [0.717, 1.165) is 6.26 Å². The lowest BCUT2D eigenvalue weighted by molar-refractivity contribution is 0.0946. The third-order valence-electron chi connectivity index (χ3n) is 3.33. The second kappa shape index (κ2) is 7.44. The molecule has 0 aliphatic carbocycles. The van der Waals surface area contributed by atoms with Crippen molar-refractivity contribution in [1.82, 2.24) is 5.32 Å². The number of amides is 1. The maximum atomic E-state index is 13.0. The zero-order valence-corrected chi connectivity index (χ0v) is 14.2. The minimum atomic E-state index is -3.38. The maximum absolute atomic E-state index is 13.0. The molecule has 0 saturated heterocycles. The Morgan fingerprint density at radius 1 is 1.21 bits per heavy atom. The zero-order valence-electron chi connectivity index (χ0n) is 13.4. The van der Waals surface area contributed by atoms with Gasteiger partial charge in [0.25, 0.3) is 5.91 Å². The van der Waals surface area contributed by atoms with Gasteiger partial charge in [-0.1, -0.05) is 12.1 Å². The van der Waals surface area contributed by atoms with Crippen LogP contribution in [0.1, 0.15) is 15.9 Å². The highest BCUT2D eigenvalue weighted by Crippen LogP contribution is 2.15. The molecule has 0 aromatic heterocycles. The minimum Gasteiger partial charge on any atom is -0.492 e. The van der Waals surface area contributed by atoms with Crippen molar-refractivity contribution < 1.29 is 22.3 Å². The summed E-state index contributed by atoms with van der Waals surface area (Å²) in [5, 5.41) is 2.65. The van der Waals surface area contributed by atoms with Crippen LogP contribution in [0.2, 0.25) is 0 Å². The number of carbonyl (C=O) groups is 1. The predicted molar refractivity (Wildman–Crippen MR) is 88.5 cm³/mol. The summed E-state index contributed by atoms with van der Waals surface area (Å²) in [7, 11) is -3.38. The molecule has 128 valence electrons. The van der Waals surface area contributed by atoms with Gasteiger partial charge >= 0.3 is 0 Å². The molecule has 0 unspecified atom stereocenters. The van der Waals surface area contributed by atoms with Gasteiger partial charge in [-0.05, 0) is 36.8 Å².